The number of nitrogens with zero attached hydrogens (tertiary/aromatic N) is 1. The molecule has 1 N–H and O–H groups in total. The molecule has 1 aromatic carbocycles. The lowest BCUT2D eigenvalue weighted by molar-refractivity contribution is 0.199. The van der Waals surface area contributed by atoms with E-state index in [1.165, 1.54) is 0 Å². The van der Waals surface area contributed by atoms with Crippen LogP contribution < -0.4 is 4.74 Å². The van der Waals surface area contributed by atoms with Crippen LogP contribution in [-0.4, -0.2) is 10.3 Å². The maximum Gasteiger partial charge on any atom is 0.130 e. The second-order valence-electron chi connectivity index (χ2n) is 3.57. The van der Waals surface area contributed by atoms with Gasteiger partial charge in [-0.05, 0) is 24.6 Å². The van der Waals surface area contributed by atoms with Crippen LogP contribution in [0.5, 0.6) is 5.75 Å². The molecule has 2 rings (SSSR count). The third-order valence-electron chi connectivity index (χ3n) is 2.25. The molecule has 1 heterocycles. The lowest BCUT2D eigenvalue weighted by atomic mass is 10.1. The first kappa shape index (κ1) is 10.7. The summed E-state index contributed by atoms with van der Waals surface area (Å²) >= 11 is 0. The highest BCUT2D eigenvalue weighted by atomic mass is 16.5. The highest BCUT2D eigenvalue weighted by Crippen LogP contribution is 2.18. The zero-order valence-corrected chi connectivity index (χ0v) is 8.96. The number of aliphatic hydroxyl groups is 1. The predicted octanol–water partition coefficient (Wildman–Crippen LogP) is 2.31. The third kappa shape index (κ3) is 2.61. The number of rotatable bonds is 4. The molecule has 0 bridgehead atoms. The molecule has 16 heavy (non-hydrogen) atoms. The number of ether oxygens (including phenoxy) is 1. The van der Waals surface area contributed by atoms with Gasteiger partial charge >= 0.3 is 0 Å². The van der Waals surface area contributed by atoms with Gasteiger partial charge < -0.3 is 14.4 Å². The molecule has 0 spiro atoms. The number of benzene rings is 1. The normalized spacial score (nSPS) is 12.4. The summed E-state index contributed by atoms with van der Waals surface area (Å²) in [6.07, 6.45) is 2.71. The van der Waals surface area contributed by atoms with E-state index in [4.69, 9.17) is 9.26 Å². The summed E-state index contributed by atoms with van der Waals surface area (Å²) in [5.41, 5.74) is 1.76. The molecule has 84 valence electrons. The summed E-state index contributed by atoms with van der Waals surface area (Å²) in [6, 6.07) is 7.34. The minimum atomic E-state index is -0.452. The zero-order chi connectivity index (χ0) is 11.4. The van der Waals surface area contributed by atoms with Crippen molar-refractivity contribution >= 4 is 0 Å². The first-order valence-electron chi connectivity index (χ1n) is 5.05. The molecule has 1 atom stereocenters. The summed E-state index contributed by atoms with van der Waals surface area (Å²) in [4.78, 5) is 0. The largest absolute Gasteiger partial charge is 0.489 e. The van der Waals surface area contributed by atoms with E-state index in [9.17, 15) is 5.11 Å². The van der Waals surface area contributed by atoms with E-state index in [1.54, 1.807) is 19.4 Å². The van der Waals surface area contributed by atoms with Gasteiger partial charge in [0.2, 0.25) is 0 Å². The Morgan fingerprint density at radius 1 is 1.38 bits per heavy atom. The molecule has 0 amide bonds. The molecular weight excluding hydrogens is 206 g/mol. The highest BCUT2D eigenvalue weighted by molar-refractivity contribution is 5.28. The maximum absolute atomic E-state index is 9.33. The van der Waals surface area contributed by atoms with Crippen LogP contribution in [0, 0.1) is 0 Å². The first-order chi connectivity index (χ1) is 7.75. The molecule has 0 saturated heterocycles. The van der Waals surface area contributed by atoms with Crippen LogP contribution in [0.15, 0.2) is 41.2 Å². The number of hydrogen-bond acceptors (Lipinski definition) is 4. The summed E-state index contributed by atoms with van der Waals surface area (Å²) in [6.45, 7) is 2.16. The summed E-state index contributed by atoms with van der Waals surface area (Å²) < 4.78 is 10.2. The van der Waals surface area contributed by atoms with Crippen molar-refractivity contribution in [3.05, 3.63) is 47.9 Å². The number of hydrogen-bond donors (Lipinski definition) is 1. The van der Waals surface area contributed by atoms with Crippen molar-refractivity contribution in [1.29, 1.82) is 0 Å². The average Bonchev–Trinajstić information content (AvgIpc) is 2.80. The van der Waals surface area contributed by atoms with Crippen LogP contribution in [0.25, 0.3) is 0 Å². The molecule has 0 aliphatic rings. The van der Waals surface area contributed by atoms with Crippen LogP contribution in [0.3, 0.4) is 0 Å². The van der Waals surface area contributed by atoms with Crippen molar-refractivity contribution in [2.75, 3.05) is 0 Å². The van der Waals surface area contributed by atoms with Crippen LogP contribution >= 0.6 is 0 Å². The second-order valence-corrected chi connectivity index (χ2v) is 3.57. The molecule has 0 saturated carbocycles. The average molecular weight is 219 g/mol. The molecule has 0 unspecified atom stereocenters. The highest BCUT2D eigenvalue weighted by Gasteiger charge is 2.01. The minimum absolute atomic E-state index is 0.428. The Hall–Kier alpha value is -1.81. The summed E-state index contributed by atoms with van der Waals surface area (Å²) in [7, 11) is 0. The quantitative estimate of drug-likeness (QED) is 0.857. The van der Waals surface area contributed by atoms with E-state index < -0.39 is 6.10 Å². The molecule has 1 aromatic heterocycles. The van der Waals surface area contributed by atoms with Gasteiger partial charge in [0, 0.05) is 5.56 Å². The molecular formula is C12H13NO3. The fourth-order valence-electron chi connectivity index (χ4n) is 1.31. The predicted molar refractivity (Wildman–Crippen MR) is 57.9 cm³/mol. The minimum Gasteiger partial charge on any atom is -0.489 e. The van der Waals surface area contributed by atoms with Gasteiger partial charge in [-0.2, -0.15) is 0 Å². The Labute approximate surface area is 93.5 Å². The summed E-state index contributed by atoms with van der Waals surface area (Å²) in [5, 5.41) is 12.9. The molecule has 0 aliphatic heterocycles. The van der Waals surface area contributed by atoms with Gasteiger partial charge in [0.15, 0.2) is 0 Å². The molecule has 4 heteroatoms. The van der Waals surface area contributed by atoms with Gasteiger partial charge in [-0.1, -0.05) is 17.3 Å². The van der Waals surface area contributed by atoms with Gasteiger partial charge in [0.05, 0.1) is 12.3 Å². The van der Waals surface area contributed by atoms with Gasteiger partial charge in [-0.15, -0.1) is 0 Å². The Kier molecular flexibility index (Phi) is 3.22. The smallest absolute Gasteiger partial charge is 0.130 e. The number of aliphatic hydroxyl groups excluding tert-OH is 1. The van der Waals surface area contributed by atoms with E-state index in [2.05, 4.69) is 5.16 Å². The Balaban J connectivity index is 1.95. The molecule has 0 aliphatic carbocycles. The third-order valence-corrected chi connectivity index (χ3v) is 2.25. The summed E-state index contributed by atoms with van der Waals surface area (Å²) in [5.74, 6) is 0.755. The van der Waals surface area contributed by atoms with Crippen LogP contribution in [0.2, 0.25) is 0 Å². The van der Waals surface area contributed by atoms with Crippen LogP contribution in [-0.2, 0) is 6.61 Å². The van der Waals surface area contributed by atoms with Crippen LogP contribution in [0.1, 0.15) is 24.2 Å². The van der Waals surface area contributed by atoms with Gasteiger partial charge in [-0.25, -0.2) is 0 Å². The van der Waals surface area contributed by atoms with Gasteiger partial charge in [-0.3, -0.25) is 0 Å². The van der Waals surface area contributed by atoms with Crippen molar-refractivity contribution in [2.24, 2.45) is 0 Å². The number of aromatic nitrogens is 1. The fourth-order valence-corrected chi connectivity index (χ4v) is 1.31. The fraction of sp³-hybridized carbons (Fsp3) is 0.250. The molecule has 0 radical (unpaired) electrons. The van der Waals surface area contributed by atoms with Crippen LogP contribution in [0.4, 0.5) is 0 Å². The van der Waals surface area contributed by atoms with E-state index in [1.807, 2.05) is 24.3 Å². The van der Waals surface area contributed by atoms with Crippen molar-refractivity contribution < 1.29 is 14.4 Å². The lowest BCUT2D eigenvalue weighted by Crippen LogP contribution is -1.95. The standard InChI is InChI=1S/C12H13NO3/c1-9(14)11-2-4-12(5-3-11)15-7-10-6-13-16-8-10/h2-6,8-9,14H,7H2,1H3/t9-/m1/s1. The molecule has 0 fully saturated rings. The monoisotopic (exact) mass is 219 g/mol. The zero-order valence-electron chi connectivity index (χ0n) is 8.96. The van der Waals surface area contributed by atoms with E-state index in [0.717, 1.165) is 16.9 Å². The van der Waals surface area contributed by atoms with Gasteiger partial charge in [0.1, 0.15) is 18.6 Å². The van der Waals surface area contributed by atoms with Crippen molar-refractivity contribution in [3.63, 3.8) is 0 Å². The van der Waals surface area contributed by atoms with Gasteiger partial charge in [0.25, 0.3) is 0 Å². The molecule has 2 aromatic rings. The topological polar surface area (TPSA) is 55.5 Å². The lowest BCUT2D eigenvalue weighted by Gasteiger charge is -2.07. The second kappa shape index (κ2) is 4.81. The van der Waals surface area contributed by atoms with Crippen molar-refractivity contribution in [3.8, 4) is 5.75 Å². The SMILES string of the molecule is C[C@@H](O)c1ccc(OCc2cnoc2)cc1. The Bertz CT molecular complexity index is 420. The van der Waals surface area contributed by atoms with E-state index in [-0.39, 0.29) is 0 Å². The van der Waals surface area contributed by atoms with Crippen molar-refractivity contribution in [2.45, 2.75) is 19.6 Å². The van der Waals surface area contributed by atoms with E-state index >= 15 is 0 Å². The Morgan fingerprint density at radius 3 is 2.69 bits per heavy atom. The maximum atomic E-state index is 9.33. The van der Waals surface area contributed by atoms with Crippen molar-refractivity contribution in [1.82, 2.24) is 5.16 Å². The first-order valence-corrected chi connectivity index (χ1v) is 5.05. The van der Waals surface area contributed by atoms with E-state index in [0.29, 0.717) is 6.61 Å². The Morgan fingerprint density at radius 2 is 2.12 bits per heavy atom. The molecule has 4 nitrogen and oxygen atoms in total.